The lowest BCUT2D eigenvalue weighted by atomic mass is 9.93. The molecule has 1 aliphatic heterocycles. The highest BCUT2D eigenvalue weighted by atomic mass is 16.5. The van der Waals surface area contributed by atoms with Crippen LogP contribution in [0.3, 0.4) is 0 Å². The Morgan fingerprint density at radius 3 is 2.35 bits per heavy atom. The van der Waals surface area contributed by atoms with Gasteiger partial charge in [-0.2, -0.15) is 0 Å². The number of rotatable bonds is 2. The minimum Gasteiger partial charge on any atom is -0.496 e. The molecule has 0 amide bonds. The van der Waals surface area contributed by atoms with Gasteiger partial charge in [0.25, 0.3) is 0 Å². The Morgan fingerprint density at radius 1 is 1.18 bits per heavy atom. The van der Waals surface area contributed by atoms with Gasteiger partial charge in [0.1, 0.15) is 5.76 Å². The van der Waals surface area contributed by atoms with Crippen molar-refractivity contribution in [1.82, 2.24) is 0 Å². The van der Waals surface area contributed by atoms with E-state index >= 15 is 0 Å². The number of allylic oxidation sites excluding steroid dienone is 1. The maximum atomic E-state index is 6.33. The molecule has 2 heteroatoms. The van der Waals surface area contributed by atoms with E-state index in [1.807, 2.05) is 0 Å². The van der Waals surface area contributed by atoms with Crippen LogP contribution in [0.4, 0.5) is 0 Å². The van der Waals surface area contributed by atoms with E-state index in [1.54, 1.807) is 0 Å². The van der Waals surface area contributed by atoms with Crippen molar-refractivity contribution in [2.24, 2.45) is 5.73 Å². The number of aryl methyl sites for hydroxylation is 3. The third kappa shape index (κ3) is 2.52. The first-order valence-corrected chi connectivity index (χ1v) is 6.26. The molecule has 1 aromatic rings. The van der Waals surface area contributed by atoms with Crippen molar-refractivity contribution in [1.29, 1.82) is 0 Å². The van der Waals surface area contributed by atoms with Crippen molar-refractivity contribution in [3.63, 3.8) is 0 Å². The first-order valence-electron chi connectivity index (χ1n) is 6.26. The lowest BCUT2D eigenvalue weighted by Crippen LogP contribution is -2.20. The van der Waals surface area contributed by atoms with E-state index in [1.165, 1.54) is 22.3 Å². The van der Waals surface area contributed by atoms with Gasteiger partial charge in [-0.05, 0) is 56.4 Å². The van der Waals surface area contributed by atoms with Gasteiger partial charge < -0.3 is 10.5 Å². The number of nitrogens with two attached hydrogens (primary N) is 1. The molecule has 17 heavy (non-hydrogen) atoms. The number of benzene rings is 1. The van der Waals surface area contributed by atoms with Gasteiger partial charge in [-0.25, -0.2) is 0 Å². The Balaban J connectivity index is 2.36. The fraction of sp³-hybridized carbons (Fsp3) is 0.467. The van der Waals surface area contributed by atoms with E-state index in [9.17, 15) is 0 Å². The molecule has 2 rings (SSSR count). The molecule has 0 aliphatic carbocycles. The first kappa shape index (κ1) is 12.2. The predicted molar refractivity (Wildman–Crippen MR) is 70.9 cm³/mol. The van der Waals surface area contributed by atoms with Crippen LogP contribution >= 0.6 is 0 Å². The molecule has 0 bridgehead atoms. The Bertz CT molecular complexity index is 425. The molecule has 1 heterocycles. The molecule has 1 aromatic carbocycles. The van der Waals surface area contributed by atoms with Gasteiger partial charge >= 0.3 is 0 Å². The summed E-state index contributed by atoms with van der Waals surface area (Å²) in [4.78, 5) is 0. The summed E-state index contributed by atoms with van der Waals surface area (Å²) in [6.07, 6.45) is 4.31. The van der Waals surface area contributed by atoms with E-state index in [4.69, 9.17) is 10.5 Å². The molecule has 1 unspecified atom stereocenters. The average molecular weight is 231 g/mol. The van der Waals surface area contributed by atoms with E-state index in [0.29, 0.717) is 0 Å². The molecule has 2 N–H and O–H groups in total. The highest BCUT2D eigenvalue weighted by Gasteiger charge is 2.19. The number of ether oxygens (including phenoxy) is 1. The lowest BCUT2D eigenvalue weighted by Gasteiger charge is -2.24. The molecular formula is C15H21NO. The lowest BCUT2D eigenvalue weighted by molar-refractivity contribution is 0.175. The monoisotopic (exact) mass is 231 g/mol. The zero-order valence-corrected chi connectivity index (χ0v) is 10.9. The molecule has 0 saturated heterocycles. The van der Waals surface area contributed by atoms with Crippen LogP contribution in [0.2, 0.25) is 0 Å². The summed E-state index contributed by atoms with van der Waals surface area (Å²) < 4.78 is 5.67. The molecule has 1 aliphatic rings. The van der Waals surface area contributed by atoms with Crippen molar-refractivity contribution >= 4 is 0 Å². The Morgan fingerprint density at radius 2 is 1.82 bits per heavy atom. The van der Waals surface area contributed by atoms with Crippen molar-refractivity contribution in [2.45, 2.75) is 39.7 Å². The maximum absolute atomic E-state index is 6.33. The van der Waals surface area contributed by atoms with Gasteiger partial charge in [0, 0.05) is 0 Å². The van der Waals surface area contributed by atoms with Crippen LogP contribution in [0, 0.1) is 20.8 Å². The second kappa shape index (κ2) is 4.92. The maximum Gasteiger partial charge on any atom is 0.113 e. The van der Waals surface area contributed by atoms with E-state index in [-0.39, 0.29) is 6.04 Å². The summed E-state index contributed by atoms with van der Waals surface area (Å²) in [5, 5.41) is 0. The van der Waals surface area contributed by atoms with Gasteiger partial charge in [-0.1, -0.05) is 17.7 Å². The summed E-state index contributed by atoms with van der Waals surface area (Å²) >= 11 is 0. The second-order valence-corrected chi connectivity index (χ2v) is 4.89. The Labute approximate surface area is 103 Å². The van der Waals surface area contributed by atoms with Gasteiger partial charge in [-0.3, -0.25) is 0 Å². The minimum atomic E-state index is -0.115. The fourth-order valence-electron chi connectivity index (χ4n) is 2.62. The molecule has 2 nitrogen and oxygen atoms in total. The topological polar surface area (TPSA) is 35.2 Å². The smallest absolute Gasteiger partial charge is 0.113 e. The van der Waals surface area contributed by atoms with Crippen molar-refractivity contribution in [3.05, 3.63) is 46.2 Å². The van der Waals surface area contributed by atoms with E-state index in [0.717, 1.165) is 25.2 Å². The molecule has 0 radical (unpaired) electrons. The zero-order valence-electron chi connectivity index (χ0n) is 10.9. The van der Waals surface area contributed by atoms with Crippen LogP contribution in [0.25, 0.3) is 0 Å². The average Bonchev–Trinajstić information content (AvgIpc) is 2.28. The summed E-state index contributed by atoms with van der Waals surface area (Å²) in [7, 11) is 0. The van der Waals surface area contributed by atoms with Crippen LogP contribution in [-0.2, 0) is 4.74 Å². The number of hydrogen-bond acceptors (Lipinski definition) is 2. The fourth-order valence-corrected chi connectivity index (χ4v) is 2.62. The molecule has 0 fully saturated rings. The van der Waals surface area contributed by atoms with Crippen molar-refractivity contribution in [2.75, 3.05) is 6.61 Å². The van der Waals surface area contributed by atoms with Crippen molar-refractivity contribution < 1.29 is 4.74 Å². The minimum absolute atomic E-state index is 0.115. The molecule has 0 aromatic heterocycles. The standard InChI is InChI=1S/C15H21NO/c1-10-8-11(2)14(12(3)9-10)15(16)13-6-4-5-7-17-13/h6,8-9,15H,4-5,7,16H2,1-3H3. The Hall–Kier alpha value is -1.28. The van der Waals surface area contributed by atoms with E-state index < -0.39 is 0 Å². The van der Waals surface area contributed by atoms with E-state index in [2.05, 4.69) is 39.0 Å². The van der Waals surface area contributed by atoms with Gasteiger partial charge in [0.15, 0.2) is 0 Å². The van der Waals surface area contributed by atoms with Crippen molar-refractivity contribution in [3.8, 4) is 0 Å². The van der Waals surface area contributed by atoms with Crippen LogP contribution in [0.1, 0.15) is 41.1 Å². The largest absolute Gasteiger partial charge is 0.496 e. The van der Waals surface area contributed by atoms with Gasteiger partial charge in [-0.15, -0.1) is 0 Å². The third-order valence-corrected chi connectivity index (χ3v) is 3.32. The highest BCUT2D eigenvalue weighted by molar-refractivity contribution is 5.42. The highest BCUT2D eigenvalue weighted by Crippen LogP contribution is 2.29. The van der Waals surface area contributed by atoms with Gasteiger partial charge in [0.2, 0.25) is 0 Å². The Kier molecular flexibility index (Phi) is 3.53. The zero-order chi connectivity index (χ0) is 12.4. The molecule has 92 valence electrons. The van der Waals surface area contributed by atoms with Crippen LogP contribution in [0.15, 0.2) is 24.0 Å². The van der Waals surface area contributed by atoms with Crippen LogP contribution in [0.5, 0.6) is 0 Å². The molecule has 0 spiro atoms. The summed E-state index contributed by atoms with van der Waals surface area (Å²) in [5.74, 6) is 0.936. The summed E-state index contributed by atoms with van der Waals surface area (Å²) in [6.45, 7) is 7.16. The summed E-state index contributed by atoms with van der Waals surface area (Å²) in [5.41, 5.74) is 11.3. The molecular weight excluding hydrogens is 210 g/mol. The quantitative estimate of drug-likeness (QED) is 0.847. The first-order chi connectivity index (χ1) is 8.09. The molecule has 1 atom stereocenters. The molecule has 0 saturated carbocycles. The van der Waals surface area contributed by atoms with Crippen LogP contribution < -0.4 is 5.73 Å². The van der Waals surface area contributed by atoms with Gasteiger partial charge in [0.05, 0.1) is 12.6 Å². The predicted octanol–water partition coefficient (Wildman–Crippen LogP) is 3.31. The number of hydrogen-bond donors (Lipinski definition) is 1. The van der Waals surface area contributed by atoms with Crippen LogP contribution in [-0.4, -0.2) is 6.61 Å². The third-order valence-electron chi connectivity index (χ3n) is 3.32. The normalized spacial score (nSPS) is 17.3. The summed E-state index contributed by atoms with van der Waals surface area (Å²) in [6, 6.07) is 4.26. The second-order valence-electron chi connectivity index (χ2n) is 4.89. The SMILES string of the molecule is Cc1cc(C)c(C(N)C2=CCCCO2)c(C)c1.